The minimum absolute atomic E-state index is 0.0576. The lowest BCUT2D eigenvalue weighted by molar-refractivity contribution is -0.205. The molecule has 15 heteroatoms. The Hall–Kier alpha value is -4.37. The number of piperidine rings is 1. The van der Waals surface area contributed by atoms with Crippen LogP contribution >= 0.6 is 0 Å². The summed E-state index contributed by atoms with van der Waals surface area (Å²) in [5.74, 6) is -3.48. The number of carbonyl (C=O) groups excluding carboxylic acids is 3. The molecule has 12 nitrogen and oxygen atoms in total. The summed E-state index contributed by atoms with van der Waals surface area (Å²) in [6, 6.07) is 13.2. The second-order valence-corrected chi connectivity index (χ2v) is 12.9. The van der Waals surface area contributed by atoms with E-state index in [4.69, 9.17) is 19.9 Å². The van der Waals surface area contributed by atoms with Crippen LogP contribution in [-0.2, 0) is 32.0 Å². The third-order valence-electron chi connectivity index (χ3n) is 9.04. The van der Waals surface area contributed by atoms with Crippen LogP contribution in [0.5, 0.6) is 5.75 Å². The highest BCUT2D eigenvalue weighted by molar-refractivity contribution is 5.99. The molecule has 0 aliphatic carbocycles. The zero-order chi connectivity index (χ0) is 37.5. The van der Waals surface area contributed by atoms with Gasteiger partial charge in [-0.3, -0.25) is 20.0 Å². The van der Waals surface area contributed by atoms with Gasteiger partial charge in [-0.2, -0.15) is 13.2 Å². The van der Waals surface area contributed by atoms with Crippen molar-refractivity contribution in [3.63, 3.8) is 0 Å². The first kappa shape index (κ1) is 40.4. The molecule has 2 aliphatic heterocycles. The number of hydrogen-bond donors (Lipinski definition) is 2. The molecule has 3 N–H and O–H groups in total. The van der Waals surface area contributed by atoms with Gasteiger partial charge in [-0.25, -0.2) is 9.59 Å². The number of nitrogens with two attached hydrogens (primary N) is 1. The molecule has 0 bridgehead atoms. The molecule has 2 fully saturated rings. The highest BCUT2D eigenvalue weighted by atomic mass is 19.4. The second-order valence-electron chi connectivity index (χ2n) is 12.9. The van der Waals surface area contributed by atoms with Gasteiger partial charge in [-0.15, -0.1) is 0 Å². The molecule has 4 rings (SSSR count). The largest absolute Gasteiger partial charge is 0.493 e. The summed E-state index contributed by atoms with van der Waals surface area (Å²) in [6.07, 6.45) is -2.51. The Balaban J connectivity index is 1.68. The SMILES string of the molecule is CCCCN=C(N)NC(=O)C(Cc1ccc(-c2ccccc2)c(CN2CCN(C(=O)N3CCCCC3)CC2)c1OCCCOC)OC(=O)C(F)(F)F. The van der Waals surface area contributed by atoms with E-state index >= 15 is 0 Å². The number of rotatable bonds is 15. The number of unbranched alkanes of at least 4 members (excludes halogenated alkanes) is 1. The summed E-state index contributed by atoms with van der Waals surface area (Å²) in [5.41, 5.74) is 8.69. The van der Waals surface area contributed by atoms with Gasteiger partial charge in [0, 0.05) is 84.5 Å². The molecule has 2 heterocycles. The van der Waals surface area contributed by atoms with E-state index in [0.717, 1.165) is 55.5 Å². The fraction of sp³-hybridized carbons (Fsp3) is 0.568. The number of likely N-dealkylation sites (tertiary alicyclic amines) is 1. The molecule has 2 aliphatic rings. The van der Waals surface area contributed by atoms with E-state index in [-0.39, 0.29) is 18.6 Å². The molecule has 3 amide bonds. The maximum Gasteiger partial charge on any atom is 0.490 e. The minimum atomic E-state index is -5.33. The van der Waals surface area contributed by atoms with E-state index < -0.39 is 30.6 Å². The van der Waals surface area contributed by atoms with E-state index in [1.807, 2.05) is 53.1 Å². The third kappa shape index (κ3) is 11.8. The van der Waals surface area contributed by atoms with Gasteiger partial charge in [0.1, 0.15) is 5.75 Å². The van der Waals surface area contributed by atoms with Crippen molar-refractivity contribution in [2.75, 3.05) is 66.1 Å². The number of alkyl halides is 3. The summed E-state index contributed by atoms with van der Waals surface area (Å²) in [5, 5.41) is 2.29. The van der Waals surface area contributed by atoms with E-state index in [1.54, 1.807) is 13.2 Å². The van der Waals surface area contributed by atoms with Crippen molar-refractivity contribution in [3.05, 3.63) is 53.6 Å². The van der Waals surface area contributed by atoms with Gasteiger partial charge in [0.05, 0.1) is 6.61 Å². The topological polar surface area (TPSA) is 139 Å². The van der Waals surface area contributed by atoms with Crippen molar-refractivity contribution in [1.82, 2.24) is 20.0 Å². The molecule has 1 unspecified atom stereocenters. The Labute approximate surface area is 303 Å². The van der Waals surface area contributed by atoms with Crippen molar-refractivity contribution in [3.8, 4) is 16.9 Å². The lowest BCUT2D eigenvalue weighted by Crippen LogP contribution is -2.53. The van der Waals surface area contributed by atoms with Crippen molar-refractivity contribution in [2.45, 2.75) is 70.7 Å². The zero-order valence-corrected chi connectivity index (χ0v) is 30.1. The van der Waals surface area contributed by atoms with E-state index in [9.17, 15) is 27.6 Å². The van der Waals surface area contributed by atoms with Crippen LogP contribution in [0.15, 0.2) is 47.5 Å². The van der Waals surface area contributed by atoms with Crippen LogP contribution in [0, 0.1) is 0 Å². The number of aliphatic imine (C=N–C) groups is 1. The lowest BCUT2D eigenvalue weighted by atomic mass is 9.93. The number of nitrogens with zero attached hydrogens (tertiary/aromatic N) is 4. The Morgan fingerprint density at radius 3 is 2.27 bits per heavy atom. The molecule has 2 aromatic rings. The molecule has 52 heavy (non-hydrogen) atoms. The smallest absolute Gasteiger partial charge is 0.490 e. The summed E-state index contributed by atoms with van der Waals surface area (Å²) in [6.45, 7) is 7.05. The molecule has 286 valence electrons. The molecule has 2 aromatic carbocycles. The average Bonchev–Trinajstić information content (AvgIpc) is 3.14. The van der Waals surface area contributed by atoms with Gasteiger partial charge in [0.15, 0.2) is 12.1 Å². The summed E-state index contributed by atoms with van der Waals surface area (Å²) >= 11 is 0. The summed E-state index contributed by atoms with van der Waals surface area (Å²) in [7, 11) is 1.57. The van der Waals surface area contributed by atoms with Gasteiger partial charge >= 0.3 is 18.2 Å². The van der Waals surface area contributed by atoms with E-state index in [1.165, 1.54) is 0 Å². The monoisotopic (exact) mass is 732 g/mol. The quantitative estimate of drug-likeness (QED) is 0.116. The van der Waals surface area contributed by atoms with E-state index in [0.29, 0.717) is 70.0 Å². The standard InChI is InChI=1S/C37H51F3N6O6/c1-3-4-16-42-35(41)43-33(47)31(52-34(48)37(38,39)40)25-28-14-15-29(27-12-7-5-8-13-27)30(32(28)51-24-11-23-50-2)26-44-19-21-46(22-20-44)36(49)45-17-9-6-10-18-45/h5,7-8,12-15,31H,3-4,6,9-11,16-26H2,1-2H3,(H3,41,42,43,47). The van der Waals surface area contributed by atoms with Crippen LogP contribution in [0.25, 0.3) is 11.1 Å². The van der Waals surface area contributed by atoms with Crippen molar-refractivity contribution < 1.29 is 41.8 Å². The Kier molecular flexibility index (Phi) is 15.6. The Morgan fingerprint density at radius 1 is 0.923 bits per heavy atom. The Bertz CT molecular complexity index is 1490. The molecule has 2 saturated heterocycles. The third-order valence-corrected chi connectivity index (χ3v) is 9.04. The number of methoxy groups -OCH3 is 1. The van der Waals surface area contributed by atoms with Crippen LogP contribution < -0.4 is 15.8 Å². The van der Waals surface area contributed by atoms with Gasteiger partial charge in [-0.05, 0) is 42.4 Å². The predicted octanol–water partition coefficient (Wildman–Crippen LogP) is 4.74. The van der Waals surface area contributed by atoms with Crippen molar-refractivity contribution in [1.29, 1.82) is 0 Å². The number of carbonyl (C=O) groups is 3. The molecule has 0 radical (unpaired) electrons. The Morgan fingerprint density at radius 2 is 1.62 bits per heavy atom. The van der Waals surface area contributed by atoms with Gasteiger partial charge < -0.3 is 29.7 Å². The maximum atomic E-state index is 13.4. The van der Waals surface area contributed by atoms with Gasteiger partial charge in [-0.1, -0.05) is 55.8 Å². The first-order valence-corrected chi connectivity index (χ1v) is 18.0. The number of hydrogen-bond acceptors (Lipinski definition) is 8. The second kappa shape index (κ2) is 20.0. The average molecular weight is 733 g/mol. The molecule has 0 saturated carbocycles. The fourth-order valence-electron chi connectivity index (χ4n) is 6.23. The molecular formula is C37H51F3N6O6. The first-order chi connectivity index (χ1) is 25.0. The zero-order valence-electron chi connectivity index (χ0n) is 30.1. The molecule has 0 spiro atoms. The van der Waals surface area contributed by atoms with Crippen molar-refractivity contribution in [2.24, 2.45) is 10.7 Å². The lowest BCUT2D eigenvalue weighted by Gasteiger charge is -2.39. The number of guanidine groups is 1. The van der Waals surface area contributed by atoms with Crippen LogP contribution in [0.2, 0.25) is 0 Å². The first-order valence-electron chi connectivity index (χ1n) is 18.0. The number of benzene rings is 2. The van der Waals surface area contributed by atoms with Gasteiger partial charge in [0.25, 0.3) is 5.91 Å². The number of halogens is 3. The predicted molar refractivity (Wildman–Crippen MR) is 191 cm³/mol. The fourth-order valence-corrected chi connectivity index (χ4v) is 6.23. The van der Waals surface area contributed by atoms with E-state index in [2.05, 4.69) is 15.2 Å². The number of piperazine rings is 1. The van der Waals surface area contributed by atoms with Crippen LogP contribution in [0.3, 0.4) is 0 Å². The van der Waals surface area contributed by atoms with Crippen molar-refractivity contribution >= 4 is 23.9 Å². The summed E-state index contributed by atoms with van der Waals surface area (Å²) < 4.78 is 56.6. The molecule has 1 atom stereocenters. The van der Waals surface area contributed by atoms with Crippen LogP contribution in [-0.4, -0.2) is 117 Å². The van der Waals surface area contributed by atoms with Crippen LogP contribution in [0.4, 0.5) is 18.0 Å². The van der Waals surface area contributed by atoms with Gasteiger partial charge in [0.2, 0.25) is 0 Å². The normalized spacial score (nSPS) is 16.4. The number of ether oxygens (including phenoxy) is 3. The highest BCUT2D eigenvalue weighted by Gasteiger charge is 2.43. The minimum Gasteiger partial charge on any atom is -0.493 e. The maximum absolute atomic E-state index is 13.4. The number of esters is 1. The van der Waals surface area contributed by atoms with Crippen LogP contribution in [0.1, 0.15) is 56.6 Å². The number of urea groups is 1. The number of nitrogens with one attached hydrogen (secondary N) is 1. The summed E-state index contributed by atoms with van der Waals surface area (Å²) in [4.78, 5) is 48.7. The highest BCUT2D eigenvalue weighted by Crippen LogP contribution is 2.37. The molecule has 0 aromatic heterocycles. The molecular weight excluding hydrogens is 681 g/mol. The number of amides is 3.